The summed E-state index contributed by atoms with van der Waals surface area (Å²) in [5, 5.41) is 64.2. The van der Waals surface area contributed by atoms with E-state index in [1.807, 2.05) is 6.08 Å². The van der Waals surface area contributed by atoms with Gasteiger partial charge in [0.1, 0.15) is 30.5 Å². The maximum absolute atomic E-state index is 12.9. The molecule has 1 amide bonds. The van der Waals surface area contributed by atoms with Crippen molar-refractivity contribution in [3.8, 4) is 0 Å². The van der Waals surface area contributed by atoms with Crippen molar-refractivity contribution in [3.05, 3.63) is 24.3 Å². The minimum absolute atomic E-state index is 0.280. The molecule has 0 aliphatic carbocycles. The summed E-state index contributed by atoms with van der Waals surface area (Å²) in [4.78, 5) is 12.9. The van der Waals surface area contributed by atoms with Crippen LogP contribution in [0.25, 0.3) is 0 Å². The Labute approximate surface area is 297 Å². The van der Waals surface area contributed by atoms with Gasteiger partial charge >= 0.3 is 0 Å². The molecule has 0 aromatic heterocycles. The zero-order chi connectivity index (χ0) is 36.1. The van der Waals surface area contributed by atoms with Crippen LogP contribution in [0.2, 0.25) is 0 Å². The molecule has 0 radical (unpaired) electrons. The van der Waals surface area contributed by atoms with E-state index in [1.54, 1.807) is 6.08 Å². The number of aliphatic hydroxyl groups is 6. The van der Waals surface area contributed by atoms with Crippen molar-refractivity contribution in [1.82, 2.24) is 5.32 Å². The summed E-state index contributed by atoms with van der Waals surface area (Å²) in [6.45, 7) is 3.54. The van der Waals surface area contributed by atoms with E-state index in [0.717, 1.165) is 38.5 Å². The molecule has 1 saturated heterocycles. The van der Waals surface area contributed by atoms with E-state index in [2.05, 4.69) is 31.3 Å². The van der Waals surface area contributed by atoms with Gasteiger partial charge in [-0.15, -0.1) is 0 Å². The fraction of sp³-hybridized carbons (Fsp3) is 0.872. The molecule has 49 heavy (non-hydrogen) atoms. The smallest absolute Gasteiger partial charge is 0.249 e. The molecule has 0 aromatic carbocycles. The lowest BCUT2D eigenvalue weighted by Gasteiger charge is -2.40. The summed E-state index contributed by atoms with van der Waals surface area (Å²) in [7, 11) is 0. The Bertz CT molecular complexity index is 839. The first kappa shape index (κ1) is 45.7. The highest BCUT2D eigenvalue weighted by atomic mass is 16.7. The number of allylic oxidation sites excluding steroid dienone is 3. The van der Waals surface area contributed by atoms with Crippen LogP contribution in [0.3, 0.4) is 0 Å². The predicted molar refractivity (Wildman–Crippen MR) is 195 cm³/mol. The Balaban J connectivity index is 2.54. The van der Waals surface area contributed by atoms with Crippen molar-refractivity contribution >= 4 is 5.91 Å². The standard InChI is InChI=1S/C39H73NO9/c1-3-5-7-9-11-13-15-16-18-20-22-24-26-28-33(43)38(47)40-31(30-48-39-37(46)36(45)35(44)34(29-41)49-39)32(42)27-25-23-21-19-17-14-12-10-8-6-4-2/h18,20,25,27,31-37,39,41-46H,3-17,19,21-24,26,28-30H2,1-2H3,(H,40,47)/b20-18-,27-25+. The summed E-state index contributed by atoms with van der Waals surface area (Å²) in [6.07, 6.45) is 22.7. The number of hydrogen-bond donors (Lipinski definition) is 7. The van der Waals surface area contributed by atoms with E-state index in [0.29, 0.717) is 6.42 Å². The zero-order valence-electron chi connectivity index (χ0n) is 30.8. The van der Waals surface area contributed by atoms with E-state index in [9.17, 15) is 35.4 Å². The zero-order valence-corrected chi connectivity index (χ0v) is 30.8. The SMILES string of the molecule is CCCCCCCCC/C=C\CCCCC(O)C(=O)NC(COC1OC(CO)C(O)C(O)C1O)C(O)/C=C/CCCCCCCCCCC. The van der Waals surface area contributed by atoms with Gasteiger partial charge in [0.15, 0.2) is 6.29 Å². The fourth-order valence-corrected chi connectivity index (χ4v) is 6.04. The second-order valence-electron chi connectivity index (χ2n) is 13.9. The Morgan fingerprint density at radius 2 is 1.18 bits per heavy atom. The number of amides is 1. The van der Waals surface area contributed by atoms with Gasteiger partial charge in [-0.05, 0) is 44.9 Å². The first-order valence-electron chi connectivity index (χ1n) is 19.7. The summed E-state index contributed by atoms with van der Waals surface area (Å²) < 4.78 is 11.1. The summed E-state index contributed by atoms with van der Waals surface area (Å²) in [5.41, 5.74) is 0. The minimum Gasteiger partial charge on any atom is -0.394 e. The number of carbonyl (C=O) groups excluding carboxylic acids is 1. The third kappa shape index (κ3) is 21.6. The molecule has 8 unspecified atom stereocenters. The van der Waals surface area contributed by atoms with Crippen LogP contribution in [0.5, 0.6) is 0 Å². The maximum Gasteiger partial charge on any atom is 0.249 e. The van der Waals surface area contributed by atoms with Gasteiger partial charge in [-0.1, -0.05) is 134 Å². The molecular formula is C39H73NO9. The minimum atomic E-state index is -1.61. The molecule has 0 aromatic rings. The van der Waals surface area contributed by atoms with Crippen LogP contribution in [0.1, 0.15) is 155 Å². The average molecular weight is 700 g/mol. The molecule has 7 N–H and O–H groups in total. The average Bonchev–Trinajstić information content (AvgIpc) is 3.10. The molecule has 10 nitrogen and oxygen atoms in total. The van der Waals surface area contributed by atoms with Gasteiger partial charge in [0, 0.05) is 0 Å². The van der Waals surface area contributed by atoms with E-state index in [-0.39, 0.29) is 13.0 Å². The largest absolute Gasteiger partial charge is 0.394 e. The first-order valence-corrected chi connectivity index (χ1v) is 19.7. The topological polar surface area (TPSA) is 169 Å². The van der Waals surface area contributed by atoms with Crippen LogP contribution in [0.4, 0.5) is 0 Å². The Morgan fingerprint density at radius 1 is 0.694 bits per heavy atom. The van der Waals surface area contributed by atoms with Crippen molar-refractivity contribution in [2.24, 2.45) is 0 Å². The number of unbranched alkanes of at least 4 members (excludes halogenated alkanes) is 18. The van der Waals surface area contributed by atoms with Gasteiger partial charge in [0.25, 0.3) is 0 Å². The Kier molecular flexibility index (Phi) is 28.2. The van der Waals surface area contributed by atoms with Gasteiger partial charge in [-0.25, -0.2) is 0 Å². The van der Waals surface area contributed by atoms with E-state index < -0.39 is 61.5 Å². The first-order chi connectivity index (χ1) is 23.8. The highest BCUT2D eigenvalue weighted by Gasteiger charge is 2.44. The fourth-order valence-electron chi connectivity index (χ4n) is 6.04. The maximum atomic E-state index is 12.9. The monoisotopic (exact) mass is 700 g/mol. The van der Waals surface area contributed by atoms with Crippen molar-refractivity contribution in [3.63, 3.8) is 0 Å². The number of rotatable bonds is 31. The summed E-state index contributed by atoms with van der Waals surface area (Å²) in [5.74, 6) is -0.636. The molecule has 1 heterocycles. The molecule has 1 rings (SSSR count). The number of hydrogen-bond acceptors (Lipinski definition) is 9. The van der Waals surface area contributed by atoms with E-state index in [1.165, 1.54) is 89.9 Å². The lowest BCUT2D eigenvalue weighted by atomic mass is 9.99. The number of nitrogens with one attached hydrogen (secondary N) is 1. The summed E-state index contributed by atoms with van der Waals surface area (Å²) >= 11 is 0. The lowest BCUT2D eigenvalue weighted by Crippen LogP contribution is -2.60. The van der Waals surface area contributed by atoms with Crippen LogP contribution in [0.15, 0.2) is 24.3 Å². The van der Waals surface area contributed by atoms with Crippen LogP contribution in [-0.4, -0.2) is 98.7 Å². The Hall–Kier alpha value is -1.37. The quantitative estimate of drug-likeness (QED) is 0.0352. The van der Waals surface area contributed by atoms with Gasteiger partial charge < -0.3 is 45.4 Å². The van der Waals surface area contributed by atoms with Crippen molar-refractivity contribution in [2.75, 3.05) is 13.2 Å². The van der Waals surface area contributed by atoms with E-state index in [4.69, 9.17) is 9.47 Å². The highest BCUT2D eigenvalue weighted by Crippen LogP contribution is 2.22. The number of ether oxygens (including phenoxy) is 2. The van der Waals surface area contributed by atoms with Crippen molar-refractivity contribution in [2.45, 2.75) is 204 Å². The third-order valence-electron chi connectivity index (χ3n) is 9.38. The molecule has 0 bridgehead atoms. The van der Waals surface area contributed by atoms with Gasteiger partial charge in [-0.3, -0.25) is 4.79 Å². The van der Waals surface area contributed by atoms with Gasteiger partial charge in [0.05, 0.1) is 25.4 Å². The molecule has 288 valence electrons. The van der Waals surface area contributed by atoms with Crippen LogP contribution in [-0.2, 0) is 14.3 Å². The molecule has 10 heteroatoms. The molecular weight excluding hydrogens is 626 g/mol. The second kappa shape index (κ2) is 30.3. The van der Waals surface area contributed by atoms with E-state index >= 15 is 0 Å². The van der Waals surface area contributed by atoms with Crippen LogP contribution < -0.4 is 5.32 Å². The van der Waals surface area contributed by atoms with Crippen LogP contribution >= 0.6 is 0 Å². The molecule has 1 fully saturated rings. The van der Waals surface area contributed by atoms with Gasteiger partial charge in [-0.2, -0.15) is 0 Å². The second-order valence-corrected chi connectivity index (χ2v) is 13.9. The van der Waals surface area contributed by atoms with Crippen molar-refractivity contribution < 1.29 is 44.9 Å². The van der Waals surface area contributed by atoms with Crippen LogP contribution in [0, 0.1) is 0 Å². The Morgan fingerprint density at radius 3 is 1.71 bits per heavy atom. The molecule has 0 spiro atoms. The molecule has 1 aliphatic rings. The normalized spacial score (nSPS) is 23.3. The highest BCUT2D eigenvalue weighted by molar-refractivity contribution is 5.80. The van der Waals surface area contributed by atoms with Gasteiger partial charge in [0.2, 0.25) is 5.91 Å². The van der Waals surface area contributed by atoms with Crippen molar-refractivity contribution in [1.29, 1.82) is 0 Å². The molecule has 0 saturated carbocycles. The lowest BCUT2D eigenvalue weighted by molar-refractivity contribution is -0.302. The summed E-state index contributed by atoms with van der Waals surface area (Å²) in [6, 6.07) is -0.983. The molecule has 1 aliphatic heterocycles. The number of aliphatic hydroxyl groups excluding tert-OH is 6. The predicted octanol–water partition coefficient (Wildman–Crippen LogP) is 5.74. The number of carbonyl (C=O) groups is 1. The molecule has 8 atom stereocenters. The third-order valence-corrected chi connectivity index (χ3v) is 9.38.